The number of hydrazine groups is 1. The summed E-state index contributed by atoms with van der Waals surface area (Å²) in [7, 11) is 0. The molecule has 0 saturated carbocycles. The fourth-order valence-electron chi connectivity index (χ4n) is 6.19. The van der Waals surface area contributed by atoms with Crippen LogP contribution in [0.25, 0.3) is 0 Å². The second-order valence-corrected chi connectivity index (χ2v) is 10.4. The number of rotatable bonds is 4. The largest absolute Gasteiger partial charge is 0.350 e. The molecule has 0 radical (unpaired) electrons. The first-order chi connectivity index (χ1) is 16.9. The standard InChI is InChI=1S/C22H35F2N9O2/c23-14-6-28-20-17(19(26)30-33(20)11-14)21(34)29-16-8-27-7-15(24)18(16)31-3-1-13(2-4-31)22(35)32-9-12(5-25)10-32/h12-20,27-28,30H,1-4,6-11,26H2,(H,29,34). The number of nitrogens with one attached hydrogen (secondary N) is 4. The number of halogens is 2. The van der Waals surface area contributed by atoms with Crippen molar-refractivity contribution in [3.8, 4) is 6.07 Å². The topological polar surface area (TPSA) is 142 Å². The van der Waals surface area contributed by atoms with Gasteiger partial charge in [-0.2, -0.15) is 5.26 Å². The molecule has 5 aliphatic rings. The third-order valence-electron chi connectivity index (χ3n) is 8.11. The Morgan fingerprint density at radius 2 is 1.83 bits per heavy atom. The van der Waals surface area contributed by atoms with Gasteiger partial charge in [0, 0.05) is 45.2 Å². The van der Waals surface area contributed by atoms with Gasteiger partial charge in [-0.3, -0.25) is 19.8 Å². The molecule has 194 valence electrons. The van der Waals surface area contributed by atoms with E-state index in [1.807, 2.05) is 0 Å². The van der Waals surface area contributed by atoms with E-state index < -0.39 is 42.7 Å². The van der Waals surface area contributed by atoms with E-state index in [9.17, 15) is 14.0 Å². The summed E-state index contributed by atoms with van der Waals surface area (Å²) in [4.78, 5) is 29.8. The van der Waals surface area contributed by atoms with Crippen molar-refractivity contribution in [2.45, 2.75) is 49.6 Å². The molecule has 5 aliphatic heterocycles. The van der Waals surface area contributed by atoms with Crippen LogP contribution in [-0.2, 0) is 9.59 Å². The van der Waals surface area contributed by atoms with Crippen LogP contribution in [0.5, 0.6) is 0 Å². The van der Waals surface area contributed by atoms with Gasteiger partial charge in [0.1, 0.15) is 12.3 Å². The van der Waals surface area contributed by atoms with Crippen LogP contribution in [0, 0.1) is 29.1 Å². The van der Waals surface area contributed by atoms with Crippen molar-refractivity contribution in [3.63, 3.8) is 0 Å². The Bertz CT molecular complexity index is 845. The van der Waals surface area contributed by atoms with Crippen molar-refractivity contribution < 1.29 is 18.4 Å². The molecule has 0 spiro atoms. The molecule has 0 aromatic rings. The Morgan fingerprint density at radius 3 is 2.54 bits per heavy atom. The minimum Gasteiger partial charge on any atom is -0.350 e. The summed E-state index contributed by atoms with van der Waals surface area (Å²) in [5, 5.41) is 19.7. The highest BCUT2D eigenvalue weighted by Gasteiger charge is 2.49. The molecule has 11 nitrogen and oxygen atoms in total. The monoisotopic (exact) mass is 495 g/mol. The Morgan fingerprint density at radius 1 is 1.09 bits per heavy atom. The zero-order valence-corrected chi connectivity index (χ0v) is 19.7. The van der Waals surface area contributed by atoms with E-state index in [1.54, 1.807) is 9.91 Å². The van der Waals surface area contributed by atoms with Gasteiger partial charge in [0.25, 0.3) is 0 Å². The number of alkyl halides is 2. The maximum absolute atomic E-state index is 15.2. The average Bonchev–Trinajstić information content (AvgIpc) is 3.13. The molecule has 5 saturated heterocycles. The predicted molar refractivity (Wildman–Crippen MR) is 121 cm³/mol. The predicted octanol–water partition coefficient (Wildman–Crippen LogP) is -2.54. The molecule has 7 atom stereocenters. The first-order valence-electron chi connectivity index (χ1n) is 12.6. The van der Waals surface area contributed by atoms with E-state index in [-0.39, 0.29) is 43.3 Å². The van der Waals surface area contributed by atoms with Crippen LogP contribution in [0.4, 0.5) is 8.78 Å². The van der Waals surface area contributed by atoms with Crippen LogP contribution in [0.1, 0.15) is 12.8 Å². The number of nitriles is 1. The highest BCUT2D eigenvalue weighted by atomic mass is 19.1. The number of hydrogen-bond acceptors (Lipinski definition) is 9. The number of nitrogens with two attached hydrogens (primary N) is 1. The second kappa shape index (κ2) is 10.2. The molecule has 5 rings (SSSR count). The van der Waals surface area contributed by atoms with Crippen molar-refractivity contribution in [2.75, 3.05) is 52.4 Å². The summed E-state index contributed by atoms with van der Waals surface area (Å²) in [5.41, 5.74) is 9.14. The lowest BCUT2D eigenvalue weighted by atomic mass is 9.88. The summed E-state index contributed by atoms with van der Waals surface area (Å²) >= 11 is 0. The van der Waals surface area contributed by atoms with Gasteiger partial charge in [0.15, 0.2) is 0 Å². The van der Waals surface area contributed by atoms with E-state index in [1.165, 1.54) is 0 Å². The van der Waals surface area contributed by atoms with Crippen LogP contribution < -0.4 is 27.1 Å². The zero-order valence-electron chi connectivity index (χ0n) is 19.7. The molecule has 0 aliphatic carbocycles. The third kappa shape index (κ3) is 4.87. The van der Waals surface area contributed by atoms with E-state index in [0.29, 0.717) is 45.6 Å². The van der Waals surface area contributed by atoms with Crippen molar-refractivity contribution >= 4 is 11.8 Å². The summed E-state index contributed by atoms with van der Waals surface area (Å²) in [6, 6.07) is 1.23. The summed E-state index contributed by atoms with van der Waals surface area (Å²) < 4.78 is 28.9. The lowest BCUT2D eigenvalue weighted by Crippen LogP contribution is -2.67. The SMILES string of the molecule is N#CC1CN(C(=O)C2CCN(C3C(F)CNCC3NC(=O)C3C(N)NN4CC(F)CNC34)CC2)C1. The van der Waals surface area contributed by atoms with Gasteiger partial charge in [-0.1, -0.05) is 0 Å². The molecule has 35 heavy (non-hydrogen) atoms. The Labute approximate surface area is 203 Å². The highest BCUT2D eigenvalue weighted by molar-refractivity contribution is 5.81. The fourth-order valence-corrected chi connectivity index (χ4v) is 6.19. The van der Waals surface area contributed by atoms with Gasteiger partial charge >= 0.3 is 0 Å². The molecule has 5 fully saturated rings. The molecule has 2 amide bonds. The van der Waals surface area contributed by atoms with Crippen LogP contribution in [0.3, 0.4) is 0 Å². The summed E-state index contributed by atoms with van der Waals surface area (Å²) in [6.07, 6.45) is -2.04. The first-order valence-corrected chi connectivity index (χ1v) is 12.6. The van der Waals surface area contributed by atoms with Crippen LogP contribution in [-0.4, -0.2) is 116 Å². The quantitative estimate of drug-likeness (QED) is 0.285. The number of carbonyl (C=O) groups is 2. The van der Waals surface area contributed by atoms with Crippen LogP contribution >= 0.6 is 0 Å². The van der Waals surface area contributed by atoms with Gasteiger partial charge < -0.3 is 21.3 Å². The van der Waals surface area contributed by atoms with Gasteiger partial charge in [-0.05, 0) is 25.9 Å². The Kier molecular flexibility index (Phi) is 7.20. The van der Waals surface area contributed by atoms with Gasteiger partial charge in [-0.25, -0.2) is 19.2 Å². The van der Waals surface area contributed by atoms with Crippen molar-refractivity contribution in [1.82, 2.24) is 36.2 Å². The number of likely N-dealkylation sites (tertiary alicyclic amines) is 2. The van der Waals surface area contributed by atoms with Gasteiger partial charge in [0.2, 0.25) is 11.8 Å². The molecule has 13 heteroatoms. The molecule has 6 N–H and O–H groups in total. The highest BCUT2D eigenvalue weighted by Crippen LogP contribution is 2.28. The fraction of sp³-hybridized carbons (Fsp3) is 0.864. The van der Waals surface area contributed by atoms with Crippen molar-refractivity contribution in [3.05, 3.63) is 0 Å². The zero-order chi connectivity index (χ0) is 24.7. The van der Waals surface area contributed by atoms with Crippen molar-refractivity contribution in [1.29, 1.82) is 5.26 Å². The maximum Gasteiger partial charge on any atom is 0.229 e. The van der Waals surface area contributed by atoms with Gasteiger partial charge in [0.05, 0.1) is 42.3 Å². The number of nitrogens with zero attached hydrogens (tertiary/aromatic N) is 4. The molecule has 5 heterocycles. The van der Waals surface area contributed by atoms with Crippen LogP contribution in [0.2, 0.25) is 0 Å². The number of amides is 2. The Hall–Kier alpha value is -1.95. The number of carbonyl (C=O) groups excluding carboxylic acids is 2. The Balaban J connectivity index is 1.19. The molecular weight excluding hydrogens is 460 g/mol. The number of fused-ring (bicyclic) bond motifs is 1. The molecule has 0 bridgehead atoms. The third-order valence-corrected chi connectivity index (χ3v) is 8.11. The number of piperidine rings is 2. The lowest BCUT2D eigenvalue weighted by molar-refractivity contribution is -0.142. The summed E-state index contributed by atoms with van der Waals surface area (Å²) in [6.45, 7) is 3.10. The van der Waals surface area contributed by atoms with E-state index in [2.05, 4.69) is 32.3 Å². The number of hydrogen-bond donors (Lipinski definition) is 5. The minimum atomic E-state index is -1.17. The molecular formula is C22H35F2N9O2. The van der Waals surface area contributed by atoms with Crippen LogP contribution in [0.15, 0.2) is 0 Å². The average molecular weight is 496 g/mol. The lowest BCUT2D eigenvalue weighted by Gasteiger charge is -2.46. The molecule has 0 aromatic heterocycles. The summed E-state index contributed by atoms with van der Waals surface area (Å²) in [5.74, 6) is -1.01. The van der Waals surface area contributed by atoms with E-state index in [0.717, 1.165) is 0 Å². The van der Waals surface area contributed by atoms with E-state index >= 15 is 4.39 Å². The minimum absolute atomic E-state index is 0.0667. The maximum atomic E-state index is 15.2. The van der Waals surface area contributed by atoms with Gasteiger partial charge in [-0.15, -0.1) is 0 Å². The molecule has 0 aromatic carbocycles. The van der Waals surface area contributed by atoms with E-state index in [4.69, 9.17) is 11.0 Å². The smallest absolute Gasteiger partial charge is 0.229 e. The molecule has 7 unspecified atom stereocenters. The second-order valence-electron chi connectivity index (χ2n) is 10.4. The normalized spacial score (nSPS) is 39.5. The first kappa shape index (κ1) is 24.7. The van der Waals surface area contributed by atoms with Crippen molar-refractivity contribution in [2.24, 2.45) is 23.5 Å².